The minimum absolute atomic E-state index is 0.00808. The first-order chi connectivity index (χ1) is 19.0. The maximum atomic E-state index is 15.1. The van der Waals surface area contributed by atoms with Crippen LogP contribution in [0.15, 0.2) is 11.2 Å². The van der Waals surface area contributed by atoms with Crippen molar-refractivity contribution < 1.29 is 53.9 Å². The van der Waals surface area contributed by atoms with Gasteiger partial charge in [0.15, 0.2) is 0 Å². The Hall–Kier alpha value is -2.85. The average Bonchev–Trinajstić information content (AvgIpc) is 3.22. The van der Waals surface area contributed by atoms with Gasteiger partial charge in [0.25, 0.3) is 5.92 Å². The molecule has 42 heavy (non-hydrogen) atoms. The predicted molar refractivity (Wildman–Crippen MR) is 136 cm³/mol. The number of carbonyl (C=O) groups excluding carboxylic acids is 4. The molecule has 238 valence electrons. The molecule has 0 aromatic rings. The van der Waals surface area contributed by atoms with Gasteiger partial charge in [0, 0.05) is 31.2 Å². The number of nitrogens with zero attached hydrogens (tertiary/aromatic N) is 1. The van der Waals surface area contributed by atoms with Crippen LogP contribution in [0.25, 0.3) is 0 Å². The van der Waals surface area contributed by atoms with Crippen molar-refractivity contribution in [3.8, 4) is 0 Å². The van der Waals surface area contributed by atoms with Crippen molar-refractivity contribution in [2.24, 2.45) is 17.3 Å². The van der Waals surface area contributed by atoms with Crippen LogP contribution in [0.3, 0.4) is 0 Å². The van der Waals surface area contributed by atoms with Crippen LogP contribution in [0.2, 0.25) is 0 Å². The van der Waals surface area contributed by atoms with Crippen molar-refractivity contribution >= 4 is 33.5 Å². The summed E-state index contributed by atoms with van der Waals surface area (Å²) in [5.74, 6) is -11.3. The van der Waals surface area contributed by atoms with E-state index in [4.69, 9.17) is 0 Å². The van der Waals surface area contributed by atoms with Gasteiger partial charge in [0.05, 0.1) is 12.0 Å². The molecule has 6 atom stereocenters. The van der Waals surface area contributed by atoms with Crippen molar-refractivity contribution in [2.45, 2.75) is 89.1 Å². The van der Waals surface area contributed by atoms with Crippen molar-refractivity contribution in [1.82, 2.24) is 20.9 Å². The number of hydrogen-bond acceptors (Lipinski definition) is 6. The summed E-state index contributed by atoms with van der Waals surface area (Å²) in [6.07, 6.45) is -5.38. The van der Waals surface area contributed by atoms with Gasteiger partial charge in [-0.25, -0.2) is 17.2 Å². The SMILES string of the molecule is CC(C)(C)[C@H](NC(=O)C(F)(F)F)C(=O)N1[C@H]2CC[C@@H]([C@@H]1C(=O)N[C@@H](/C=C(\F)S(C)(=O)=O)C[C@H]1CCNC1=O)C(F)(F)C2. The molecule has 2 bridgehead atoms. The number of halogens is 6. The Morgan fingerprint density at radius 3 is 2.21 bits per heavy atom. The Morgan fingerprint density at radius 2 is 1.74 bits per heavy atom. The first kappa shape index (κ1) is 33.6. The van der Waals surface area contributed by atoms with E-state index in [-0.39, 0.29) is 32.2 Å². The van der Waals surface area contributed by atoms with Crippen LogP contribution in [0.1, 0.15) is 52.9 Å². The Balaban J connectivity index is 2.00. The molecule has 3 heterocycles. The van der Waals surface area contributed by atoms with Crippen molar-refractivity contribution in [3.05, 3.63) is 11.2 Å². The second kappa shape index (κ2) is 11.7. The predicted octanol–water partition coefficient (Wildman–Crippen LogP) is 1.96. The third kappa shape index (κ3) is 7.37. The number of hydrogen-bond donors (Lipinski definition) is 3. The van der Waals surface area contributed by atoms with Crippen LogP contribution in [0.4, 0.5) is 26.3 Å². The number of sulfone groups is 1. The summed E-state index contributed by atoms with van der Waals surface area (Å²) in [7, 11) is -4.38. The molecule has 0 spiro atoms. The lowest BCUT2D eigenvalue weighted by molar-refractivity contribution is -0.197. The van der Waals surface area contributed by atoms with Gasteiger partial charge in [-0.15, -0.1) is 0 Å². The fraction of sp³-hybridized carbons (Fsp3) is 0.760. The molecule has 4 rings (SSSR count). The van der Waals surface area contributed by atoms with Crippen LogP contribution in [0, 0.1) is 17.3 Å². The molecule has 4 amide bonds. The van der Waals surface area contributed by atoms with Gasteiger partial charge < -0.3 is 20.9 Å². The Labute approximate surface area is 238 Å². The zero-order chi connectivity index (χ0) is 32.0. The molecule has 3 aliphatic heterocycles. The molecule has 4 aliphatic rings. The summed E-state index contributed by atoms with van der Waals surface area (Å²) in [6, 6.07) is -6.56. The summed E-state index contributed by atoms with van der Waals surface area (Å²) in [4.78, 5) is 52.0. The summed E-state index contributed by atoms with van der Waals surface area (Å²) < 4.78 is 107. The van der Waals surface area contributed by atoms with Crippen molar-refractivity contribution in [3.63, 3.8) is 0 Å². The Kier molecular flexibility index (Phi) is 9.36. The van der Waals surface area contributed by atoms with Crippen molar-refractivity contribution in [2.75, 3.05) is 12.8 Å². The molecule has 17 heteroatoms. The Morgan fingerprint density at radius 1 is 1.12 bits per heavy atom. The van der Waals surface area contributed by atoms with Gasteiger partial charge in [-0.2, -0.15) is 17.6 Å². The fourth-order valence-corrected chi connectivity index (χ4v) is 6.14. The zero-order valence-corrected chi connectivity index (χ0v) is 24.2. The largest absolute Gasteiger partial charge is 0.471 e. The van der Waals surface area contributed by atoms with Gasteiger partial charge in [0.2, 0.25) is 32.7 Å². The van der Waals surface area contributed by atoms with E-state index in [0.717, 1.165) is 4.90 Å². The summed E-state index contributed by atoms with van der Waals surface area (Å²) in [6.45, 7) is 4.31. The number of carbonyl (C=O) groups is 4. The molecule has 0 radical (unpaired) electrons. The molecule has 1 saturated carbocycles. The number of alkyl halides is 5. The smallest absolute Gasteiger partial charge is 0.356 e. The number of fused-ring (bicyclic) bond motifs is 3. The second-order valence-corrected chi connectivity index (χ2v) is 14.1. The highest BCUT2D eigenvalue weighted by atomic mass is 32.2. The highest BCUT2D eigenvalue weighted by Crippen LogP contribution is 2.49. The fourth-order valence-electron chi connectivity index (χ4n) is 5.73. The lowest BCUT2D eigenvalue weighted by Gasteiger charge is -2.55. The minimum atomic E-state index is -5.36. The summed E-state index contributed by atoms with van der Waals surface area (Å²) in [5.41, 5.74) is -1.35. The van der Waals surface area contributed by atoms with E-state index in [2.05, 4.69) is 10.6 Å². The lowest BCUT2D eigenvalue weighted by atomic mass is 9.70. The Bertz CT molecular complexity index is 1250. The highest BCUT2D eigenvalue weighted by molar-refractivity contribution is 7.94. The molecule has 0 aromatic heterocycles. The first-order valence-electron chi connectivity index (χ1n) is 13.3. The van der Waals surface area contributed by atoms with Crippen LogP contribution in [-0.4, -0.2) is 86.0 Å². The quantitative estimate of drug-likeness (QED) is 0.350. The van der Waals surface area contributed by atoms with E-state index in [0.29, 0.717) is 12.3 Å². The molecule has 4 fully saturated rings. The van der Waals surface area contributed by atoms with Crippen LogP contribution in [-0.2, 0) is 29.0 Å². The van der Waals surface area contributed by atoms with Crippen LogP contribution < -0.4 is 16.0 Å². The monoisotopic (exact) mass is 632 g/mol. The zero-order valence-electron chi connectivity index (χ0n) is 23.4. The minimum Gasteiger partial charge on any atom is -0.356 e. The highest BCUT2D eigenvalue weighted by Gasteiger charge is 2.61. The second-order valence-electron chi connectivity index (χ2n) is 12.1. The number of rotatable bonds is 8. The van der Waals surface area contributed by atoms with E-state index < -0.39 is 98.6 Å². The number of amides is 4. The van der Waals surface area contributed by atoms with E-state index in [1.54, 1.807) is 5.32 Å². The molecule has 0 aromatic carbocycles. The lowest BCUT2D eigenvalue weighted by Crippen LogP contribution is -2.71. The maximum absolute atomic E-state index is 15.1. The van der Waals surface area contributed by atoms with E-state index >= 15 is 8.78 Å². The molecule has 3 N–H and O–H groups in total. The molecule has 3 saturated heterocycles. The third-order valence-electron chi connectivity index (χ3n) is 7.82. The van der Waals surface area contributed by atoms with E-state index in [1.807, 2.05) is 0 Å². The van der Waals surface area contributed by atoms with Gasteiger partial charge in [-0.1, -0.05) is 20.8 Å². The topological polar surface area (TPSA) is 142 Å². The van der Waals surface area contributed by atoms with Gasteiger partial charge in [-0.05, 0) is 37.2 Å². The molecule has 0 unspecified atom stereocenters. The molecule has 10 nitrogen and oxygen atoms in total. The molecule has 1 aliphatic carbocycles. The van der Waals surface area contributed by atoms with Gasteiger partial charge in [-0.3, -0.25) is 19.2 Å². The molecular formula is C25H34F6N4O6S. The standard InChI is InChI=1S/C25H34F6N4O6S/c1-23(2,3)18(34-22(39)25(29,30)31)21(38)35-14-5-6-15(24(27,28)11-14)17(35)20(37)33-13(10-16(26)42(4,40)41)9-12-7-8-32-19(12)36/h10,12-15,17-18H,5-9,11H2,1-4H3,(H,32,36)(H,33,37)(H,34,39)/b16-10+/t12-,13-,14+,15+,17-,18-/m1/s1. The number of piperidine rings is 2. The molecular weight excluding hydrogens is 598 g/mol. The van der Waals surface area contributed by atoms with Crippen LogP contribution in [0.5, 0.6) is 0 Å². The van der Waals surface area contributed by atoms with Crippen molar-refractivity contribution in [1.29, 1.82) is 0 Å². The van der Waals surface area contributed by atoms with Gasteiger partial charge in [0.1, 0.15) is 12.1 Å². The third-order valence-corrected chi connectivity index (χ3v) is 8.66. The summed E-state index contributed by atoms with van der Waals surface area (Å²) >= 11 is 0. The van der Waals surface area contributed by atoms with E-state index in [9.17, 15) is 45.2 Å². The first-order valence-corrected chi connectivity index (χ1v) is 15.2. The van der Waals surface area contributed by atoms with Crippen LogP contribution >= 0.6 is 0 Å². The normalized spacial score (nSPS) is 27.7. The number of nitrogens with one attached hydrogen (secondary N) is 3. The van der Waals surface area contributed by atoms with E-state index in [1.165, 1.54) is 20.8 Å². The van der Waals surface area contributed by atoms with Gasteiger partial charge >= 0.3 is 12.1 Å². The maximum Gasteiger partial charge on any atom is 0.471 e. The average molecular weight is 633 g/mol. The summed E-state index contributed by atoms with van der Waals surface area (Å²) in [5, 5.41) is 4.81.